The molecular formula is C13H19ClN2. The summed E-state index contributed by atoms with van der Waals surface area (Å²) >= 11 is 5.49. The number of anilines is 1. The van der Waals surface area contributed by atoms with Crippen LogP contribution in [0.1, 0.15) is 31.7 Å². The van der Waals surface area contributed by atoms with Crippen LogP contribution in [0.25, 0.3) is 0 Å². The Kier molecular flexibility index (Phi) is 4.08. The van der Waals surface area contributed by atoms with Crippen LogP contribution in [0.15, 0.2) is 24.3 Å². The standard InChI is InChI=1S/C13H19ClN2/c1-11-4-2-3-9-16(11)13-7-5-12(6-8-13)10-15-14/h5-8,11,15H,2-4,9-10H2,1H3. The molecule has 0 aliphatic carbocycles. The van der Waals surface area contributed by atoms with E-state index >= 15 is 0 Å². The summed E-state index contributed by atoms with van der Waals surface area (Å²) < 4.78 is 0. The Bertz CT molecular complexity index is 323. The molecule has 1 unspecified atom stereocenters. The molecule has 0 amide bonds. The maximum atomic E-state index is 5.49. The molecule has 1 N–H and O–H groups in total. The molecular weight excluding hydrogens is 220 g/mol. The average Bonchev–Trinajstić information content (AvgIpc) is 2.31. The van der Waals surface area contributed by atoms with Gasteiger partial charge >= 0.3 is 0 Å². The lowest BCUT2D eigenvalue weighted by Crippen LogP contribution is -2.37. The van der Waals surface area contributed by atoms with Gasteiger partial charge in [0.1, 0.15) is 0 Å². The predicted molar refractivity (Wildman–Crippen MR) is 69.8 cm³/mol. The highest BCUT2D eigenvalue weighted by molar-refractivity contribution is 6.13. The van der Waals surface area contributed by atoms with Crippen molar-refractivity contribution >= 4 is 17.5 Å². The van der Waals surface area contributed by atoms with E-state index in [0.717, 1.165) is 6.54 Å². The van der Waals surface area contributed by atoms with Crippen molar-refractivity contribution < 1.29 is 0 Å². The molecule has 3 heteroatoms. The average molecular weight is 239 g/mol. The number of hydrogen-bond donors (Lipinski definition) is 1. The van der Waals surface area contributed by atoms with Gasteiger partial charge in [0.05, 0.1) is 0 Å². The van der Waals surface area contributed by atoms with E-state index in [2.05, 4.69) is 40.9 Å². The minimum absolute atomic E-state index is 0.672. The molecule has 16 heavy (non-hydrogen) atoms. The number of benzene rings is 1. The molecule has 2 rings (SSSR count). The second-order valence-electron chi connectivity index (χ2n) is 4.52. The Morgan fingerprint density at radius 3 is 2.69 bits per heavy atom. The first kappa shape index (κ1) is 11.7. The van der Waals surface area contributed by atoms with Crippen LogP contribution in [0.4, 0.5) is 5.69 Å². The Balaban J connectivity index is 2.08. The van der Waals surface area contributed by atoms with E-state index in [1.807, 2.05) is 0 Å². The van der Waals surface area contributed by atoms with E-state index in [4.69, 9.17) is 11.8 Å². The fraction of sp³-hybridized carbons (Fsp3) is 0.538. The second-order valence-corrected chi connectivity index (χ2v) is 4.78. The van der Waals surface area contributed by atoms with Crippen LogP contribution in [-0.2, 0) is 6.54 Å². The summed E-state index contributed by atoms with van der Waals surface area (Å²) in [6.07, 6.45) is 3.99. The fourth-order valence-electron chi connectivity index (χ4n) is 2.36. The van der Waals surface area contributed by atoms with E-state index in [1.54, 1.807) is 0 Å². The summed E-state index contributed by atoms with van der Waals surface area (Å²) in [6.45, 7) is 4.22. The first-order valence-electron chi connectivity index (χ1n) is 6.00. The third kappa shape index (κ3) is 2.69. The van der Waals surface area contributed by atoms with Crippen LogP contribution in [0.2, 0.25) is 0 Å². The van der Waals surface area contributed by atoms with E-state index in [9.17, 15) is 0 Å². The van der Waals surface area contributed by atoms with Crippen molar-refractivity contribution in [3.05, 3.63) is 29.8 Å². The van der Waals surface area contributed by atoms with Crippen molar-refractivity contribution in [2.75, 3.05) is 11.4 Å². The highest BCUT2D eigenvalue weighted by Gasteiger charge is 2.17. The van der Waals surface area contributed by atoms with Crippen LogP contribution in [-0.4, -0.2) is 12.6 Å². The highest BCUT2D eigenvalue weighted by atomic mass is 35.5. The molecule has 88 valence electrons. The molecule has 1 aliphatic heterocycles. The molecule has 0 saturated carbocycles. The van der Waals surface area contributed by atoms with Gasteiger partial charge in [-0.3, -0.25) is 0 Å². The third-order valence-corrected chi connectivity index (χ3v) is 3.48. The zero-order valence-corrected chi connectivity index (χ0v) is 10.5. The zero-order valence-electron chi connectivity index (χ0n) is 9.75. The molecule has 2 nitrogen and oxygen atoms in total. The van der Waals surface area contributed by atoms with E-state index < -0.39 is 0 Å². The maximum Gasteiger partial charge on any atom is 0.0368 e. The molecule has 1 atom stereocenters. The molecule has 1 saturated heterocycles. The van der Waals surface area contributed by atoms with Crippen LogP contribution < -0.4 is 9.74 Å². The summed E-state index contributed by atoms with van der Waals surface area (Å²) in [5.41, 5.74) is 2.56. The highest BCUT2D eigenvalue weighted by Crippen LogP contribution is 2.24. The first-order chi connectivity index (χ1) is 7.81. The van der Waals surface area contributed by atoms with Gasteiger partial charge in [0, 0.05) is 24.8 Å². The lowest BCUT2D eigenvalue weighted by Gasteiger charge is -2.35. The van der Waals surface area contributed by atoms with Gasteiger partial charge in [-0.2, -0.15) is 0 Å². The van der Waals surface area contributed by atoms with Gasteiger partial charge in [0.25, 0.3) is 0 Å². The van der Waals surface area contributed by atoms with Crippen LogP contribution in [0.5, 0.6) is 0 Å². The van der Waals surface area contributed by atoms with Gasteiger partial charge in [0.15, 0.2) is 0 Å². The molecule has 1 heterocycles. The molecule has 0 spiro atoms. The lowest BCUT2D eigenvalue weighted by molar-refractivity contribution is 0.485. The van der Waals surface area contributed by atoms with Crippen molar-refractivity contribution in [2.24, 2.45) is 0 Å². The van der Waals surface area contributed by atoms with Crippen LogP contribution >= 0.6 is 11.8 Å². The smallest absolute Gasteiger partial charge is 0.0368 e. The molecule has 1 aliphatic rings. The summed E-state index contributed by atoms with van der Waals surface area (Å²) in [5.74, 6) is 0. The van der Waals surface area contributed by atoms with Gasteiger partial charge < -0.3 is 4.90 Å². The van der Waals surface area contributed by atoms with Gasteiger partial charge in [0.2, 0.25) is 0 Å². The summed E-state index contributed by atoms with van der Waals surface area (Å²) in [6, 6.07) is 9.36. The molecule has 0 radical (unpaired) electrons. The lowest BCUT2D eigenvalue weighted by atomic mass is 10.0. The van der Waals surface area contributed by atoms with Crippen LogP contribution in [0, 0.1) is 0 Å². The third-order valence-electron chi connectivity index (χ3n) is 3.34. The fourth-order valence-corrected chi connectivity index (χ4v) is 2.52. The predicted octanol–water partition coefficient (Wildman–Crippen LogP) is 3.31. The summed E-state index contributed by atoms with van der Waals surface area (Å²) in [5, 5.41) is 0. The van der Waals surface area contributed by atoms with E-state index in [-0.39, 0.29) is 0 Å². The largest absolute Gasteiger partial charge is 0.369 e. The van der Waals surface area contributed by atoms with Gasteiger partial charge in [-0.25, -0.2) is 4.84 Å². The normalized spacial score (nSPS) is 21.1. The van der Waals surface area contributed by atoms with Gasteiger partial charge in [-0.05, 0) is 55.7 Å². The number of nitrogens with one attached hydrogen (secondary N) is 1. The molecule has 1 fully saturated rings. The van der Waals surface area contributed by atoms with E-state index in [0.29, 0.717) is 6.04 Å². The molecule has 0 aromatic heterocycles. The van der Waals surface area contributed by atoms with Gasteiger partial charge in [-0.15, -0.1) is 0 Å². The number of rotatable bonds is 3. The van der Waals surface area contributed by atoms with Crippen molar-refractivity contribution in [1.29, 1.82) is 0 Å². The van der Waals surface area contributed by atoms with Gasteiger partial charge in [-0.1, -0.05) is 12.1 Å². The number of halogens is 1. The maximum absolute atomic E-state index is 5.49. The van der Waals surface area contributed by atoms with Crippen molar-refractivity contribution in [1.82, 2.24) is 4.84 Å². The second kappa shape index (κ2) is 5.55. The Morgan fingerprint density at radius 2 is 2.06 bits per heavy atom. The Labute approximate surface area is 103 Å². The van der Waals surface area contributed by atoms with Crippen molar-refractivity contribution in [2.45, 2.75) is 38.8 Å². The topological polar surface area (TPSA) is 15.3 Å². The molecule has 1 aromatic rings. The Hall–Kier alpha value is -0.730. The van der Waals surface area contributed by atoms with Crippen molar-refractivity contribution in [3.8, 4) is 0 Å². The minimum Gasteiger partial charge on any atom is -0.369 e. The summed E-state index contributed by atoms with van der Waals surface area (Å²) in [7, 11) is 0. The minimum atomic E-state index is 0.672. The molecule has 1 aromatic carbocycles. The summed E-state index contributed by atoms with van der Waals surface area (Å²) in [4.78, 5) is 5.15. The van der Waals surface area contributed by atoms with Crippen molar-refractivity contribution in [3.63, 3.8) is 0 Å². The zero-order chi connectivity index (χ0) is 11.4. The number of piperidine rings is 1. The number of nitrogens with zero attached hydrogens (tertiary/aromatic N) is 1. The Morgan fingerprint density at radius 1 is 1.31 bits per heavy atom. The molecule has 0 bridgehead atoms. The van der Waals surface area contributed by atoms with E-state index in [1.165, 1.54) is 37.1 Å². The first-order valence-corrected chi connectivity index (χ1v) is 6.38. The van der Waals surface area contributed by atoms with Crippen LogP contribution in [0.3, 0.4) is 0 Å². The SMILES string of the molecule is CC1CCCCN1c1ccc(CNCl)cc1. The monoisotopic (exact) mass is 238 g/mol. The quantitative estimate of drug-likeness (QED) is 0.813. The number of hydrogen-bond acceptors (Lipinski definition) is 2.